The van der Waals surface area contributed by atoms with E-state index in [0.717, 1.165) is 11.3 Å². The highest BCUT2D eigenvalue weighted by Crippen LogP contribution is 2.38. The summed E-state index contributed by atoms with van der Waals surface area (Å²) in [6, 6.07) is 2.88. The van der Waals surface area contributed by atoms with Crippen molar-refractivity contribution in [3.05, 3.63) is 41.1 Å². The molecule has 7 heteroatoms. The second-order valence-corrected chi connectivity index (χ2v) is 5.97. The van der Waals surface area contributed by atoms with Gasteiger partial charge in [-0.15, -0.1) is 6.58 Å². The number of halogens is 1. The van der Waals surface area contributed by atoms with Crippen LogP contribution in [0.2, 0.25) is 5.02 Å². The van der Waals surface area contributed by atoms with Crippen molar-refractivity contribution >= 4 is 29.6 Å². The number of carbonyl (C=O) groups is 2. The van der Waals surface area contributed by atoms with Crippen molar-refractivity contribution in [2.75, 3.05) is 13.7 Å². The Morgan fingerprint density at radius 3 is 2.72 bits per heavy atom. The molecule has 0 spiro atoms. The number of urea groups is 1. The van der Waals surface area contributed by atoms with Crippen molar-refractivity contribution in [3.8, 4) is 11.5 Å². The van der Waals surface area contributed by atoms with Crippen molar-refractivity contribution < 1.29 is 19.1 Å². The fraction of sp³-hybridized carbons (Fsp3) is 0.333. The quantitative estimate of drug-likeness (QED) is 0.456. The van der Waals surface area contributed by atoms with Gasteiger partial charge in [0, 0.05) is 6.54 Å². The number of nitrogens with zero attached hydrogens (tertiary/aromatic N) is 1. The average Bonchev–Trinajstić information content (AvgIpc) is 2.84. The summed E-state index contributed by atoms with van der Waals surface area (Å²) in [6.45, 7) is 7.63. The summed E-state index contributed by atoms with van der Waals surface area (Å²) in [6.07, 6.45) is 3.84. The predicted molar refractivity (Wildman–Crippen MR) is 96.8 cm³/mol. The molecule has 0 bridgehead atoms. The Morgan fingerprint density at radius 2 is 2.12 bits per heavy atom. The molecule has 1 saturated heterocycles. The lowest BCUT2D eigenvalue weighted by Crippen LogP contribution is -2.30. The number of amides is 3. The van der Waals surface area contributed by atoms with Gasteiger partial charge >= 0.3 is 6.03 Å². The molecule has 1 aromatic rings. The van der Waals surface area contributed by atoms with E-state index in [1.54, 1.807) is 18.2 Å². The zero-order chi connectivity index (χ0) is 18.6. The van der Waals surface area contributed by atoms with E-state index in [1.165, 1.54) is 13.2 Å². The number of methoxy groups -OCH3 is 1. The number of benzene rings is 1. The van der Waals surface area contributed by atoms with Crippen LogP contribution < -0.4 is 14.8 Å². The van der Waals surface area contributed by atoms with Crippen LogP contribution in [0.4, 0.5) is 4.79 Å². The number of nitrogens with one attached hydrogen (secondary N) is 1. The summed E-state index contributed by atoms with van der Waals surface area (Å²) in [5.41, 5.74) is 0.781. The van der Waals surface area contributed by atoms with Crippen LogP contribution >= 0.6 is 11.6 Å². The van der Waals surface area contributed by atoms with Crippen LogP contribution in [-0.4, -0.2) is 36.6 Å². The fourth-order valence-electron chi connectivity index (χ4n) is 2.26. The molecule has 0 radical (unpaired) electrons. The summed E-state index contributed by atoms with van der Waals surface area (Å²) in [5.74, 6) is 0.495. The Morgan fingerprint density at radius 1 is 1.40 bits per heavy atom. The Bertz CT molecular complexity index is 730. The maximum atomic E-state index is 12.2. The highest BCUT2D eigenvalue weighted by molar-refractivity contribution is 6.32. The number of carbonyl (C=O) groups excluding carboxylic acids is 2. The summed E-state index contributed by atoms with van der Waals surface area (Å²) in [4.78, 5) is 25.1. The Kier molecular flexibility index (Phi) is 6.09. The monoisotopic (exact) mass is 364 g/mol. The van der Waals surface area contributed by atoms with Crippen LogP contribution in [0.5, 0.6) is 11.5 Å². The topological polar surface area (TPSA) is 67.9 Å². The van der Waals surface area contributed by atoms with Crippen LogP contribution in [0.3, 0.4) is 0 Å². The lowest BCUT2D eigenvalue weighted by molar-refractivity contribution is -0.122. The van der Waals surface area contributed by atoms with Crippen molar-refractivity contribution in [1.29, 1.82) is 0 Å². The molecule has 3 amide bonds. The number of hydrogen-bond donors (Lipinski definition) is 1. The summed E-state index contributed by atoms with van der Waals surface area (Å²) < 4.78 is 11.1. The zero-order valence-corrected chi connectivity index (χ0v) is 15.2. The molecule has 1 aromatic carbocycles. The van der Waals surface area contributed by atoms with Gasteiger partial charge in [-0.25, -0.2) is 4.79 Å². The highest BCUT2D eigenvalue weighted by atomic mass is 35.5. The summed E-state index contributed by atoms with van der Waals surface area (Å²) in [7, 11) is 1.51. The van der Waals surface area contributed by atoms with E-state index in [1.807, 2.05) is 13.8 Å². The van der Waals surface area contributed by atoms with Crippen LogP contribution in [-0.2, 0) is 4.79 Å². The van der Waals surface area contributed by atoms with Crippen molar-refractivity contribution in [1.82, 2.24) is 10.2 Å². The third-order valence-electron chi connectivity index (χ3n) is 3.73. The maximum absolute atomic E-state index is 12.2. The van der Waals surface area contributed by atoms with E-state index in [0.29, 0.717) is 22.1 Å². The molecule has 0 aliphatic carbocycles. The van der Waals surface area contributed by atoms with Gasteiger partial charge in [0.2, 0.25) is 0 Å². The largest absolute Gasteiger partial charge is 0.493 e. The van der Waals surface area contributed by atoms with Crippen molar-refractivity contribution in [3.63, 3.8) is 0 Å². The van der Waals surface area contributed by atoms with Gasteiger partial charge in [0.05, 0.1) is 18.2 Å². The minimum absolute atomic E-state index is 0.0150. The van der Waals surface area contributed by atoms with Gasteiger partial charge in [0.1, 0.15) is 5.70 Å². The molecule has 1 N–H and O–H groups in total. The molecule has 134 valence electrons. The average molecular weight is 365 g/mol. The van der Waals surface area contributed by atoms with Gasteiger partial charge in [-0.1, -0.05) is 24.6 Å². The minimum atomic E-state index is -0.481. The first kappa shape index (κ1) is 18.9. The fourth-order valence-corrected chi connectivity index (χ4v) is 2.52. The standard InChI is InChI=1S/C18H21ClN2O4/c1-5-7-21-17(22)14(20-18(21)23)9-12-8-13(19)16(15(10-12)24-4)25-11(3)6-2/h5,8-11H,1,6-7H2,2-4H3,(H,20,23)/b14-9+/t11-/m0/s1. The van der Waals surface area contributed by atoms with Crippen molar-refractivity contribution in [2.45, 2.75) is 26.4 Å². The molecular formula is C18H21ClN2O4. The summed E-state index contributed by atoms with van der Waals surface area (Å²) >= 11 is 6.31. The number of ether oxygens (including phenoxy) is 2. The lowest BCUT2D eigenvalue weighted by atomic mass is 10.1. The molecule has 0 saturated carbocycles. The molecule has 2 rings (SSSR count). The lowest BCUT2D eigenvalue weighted by Gasteiger charge is -2.17. The number of rotatable bonds is 7. The zero-order valence-electron chi connectivity index (χ0n) is 14.5. The Hall–Kier alpha value is -2.47. The molecule has 1 aliphatic rings. The van der Waals surface area contributed by atoms with E-state index in [9.17, 15) is 9.59 Å². The second kappa shape index (κ2) is 8.07. The van der Waals surface area contributed by atoms with Crippen LogP contribution in [0, 0.1) is 0 Å². The molecule has 0 unspecified atom stereocenters. The van der Waals surface area contributed by atoms with E-state index < -0.39 is 11.9 Å². The summed E-state index contributed by atoms with van der Waals surface area (Å²) in [5, 5.41) is 2.90. The van der Waals surface area contributed by atoms with Gasteiger partial charge in [0.15, 0.2) is 11.5 Å². The Labute approximate surface area is 152 Å². The number of hydrogen-bond acceptors (Lipinski definition) is 4. The first-order chi connectivity index (χ1) is 11.9. The van der Waals surface area contributed by atoms with Gasteiger partial charge in [0.25, 0.3) is 5.91 Å². The van der Waals surface area contributed by atoms with E-state index >= 15 is 0 Å². The normalized spacial score (nSPS) is 16.8. The van der Waals surface area contributed by atoms with Crippen LogP contribution in [0.25, 0.3) is 6.08 Å². The maximum Gasteiger partial charge on any atom is 0.329 e. The third-order valence-corrected chi connectivity index (χ3v) is 4.01. The van der Waals surface area contributed by atoms with Crippen LogP contribution in [0.15, 0.2) is 30.5 Å². The van der Waals surface area contributed by atoms with Gasteiger partial charge < -0.3 is 14.8 Å². The molecule has 1 aliphatic heterocycles. The molecule has 1 fully saturated rings. The molecule has 0 aromatic heterocycles. The molecular weight excluding hydrogens is 344 g/mol. The highest BCUT2D eigenvalue weighted by Gasteiger charge is 2.32. The molecule has 25 heavy (non-hydrogen) atoms. The van der Waals surface area contributed by atoms with Crippen LogP contribution in [0.1, 0.15) is 25.8 Å². The van der Waals surface area contributed by atoms with E-state index in [2.05, 4.69) is 11.9 Å². The van der Waals surface area contributed by atoms with Crippen molar-refractivity contribution in [2.24, 2.45) is 0 Å². The number of imide groups is 1. The Balaban J connectivity index is 2.35. The van der Waals surface area contributed by atoms with E-state index in [-0.39, 0.29) is 18.3 Å². The van der Waals surface area contributed by atoms with Gasteiger partial charge in [-0.2, -0.15) is 0 Å². The predicted octanol–water partition coefficient (Wildman–Crippen LogP) is 3.60. The first-order valence-electron chi connectivity index (χ1n) is 7.90. The third kappa shape index (κ3) is 4.14. The first-order valence-corrected chi connectivity index (χ1v) is 8.28. The SMILES string of the molecule is C=CCN1C(=O)N/C(=C/c2cc(Cl)c(O[C@@H](C)CC)c(OC)c2)C1=O. The van der Waals surface area contributed by atoms with Gasteiger partial charge in [-0.3, -0.25) is 9.69 Å². The van der Waals surface area contributed by atoms with Gasteiger partial charge in [-0.05, 0) is 37.1 Å². The van der Waals surface area contributed by atoms with E-state index in [4.69, 9.17) is 21.1 Å². The molecule has 6 nitrogen and oxygen atoms in total. The second-order valence-electron chi connectivity index (χ2n) is 5.56. The molecule has 1 heterocycles. The minimum Gasteiger partial charge on any atom is -0.493 e. The smallest absolute Gasteiger partial charge is 0.329 e. The molecule has 1 atom stereocenters.